The van der Waals surface area contributed by atoms with E-state index in [0.717, 1.165) is 11.3 Å². The molecule has 2 rings (SSSR count). The summed E-state index contributed by atoms with van der Waals surface area (Å²) in [5.74, 6) is 1.59. The van der Waals surface area contributed by atoms with Gasteiger partial charge in [0.2, 0.25) is 0 Å². The third kappa shape index (κ3) is 2.67. The van der Waals surface area contributed by atoms with Crippen LogP contribution in [0.4, 0.5) is 5.82 Å². The van der Waals surface area contributed by atoms with Gasteiger partial charge in [-0.05, 0) is 31.9 Å². The molecular formula is C15H19N3. The van der Waals surface area contributed by atoms with Gasteiger partial charge in [-0.15, -0.1) is 0 Å². The summed E-state index contributed by atoms with van der Waals surface area (Å²) >= 11 is 0. The molecule has 2 N–H and O–H groups in total. The molecule has 3 heteroatoms. The second-order valence-electron chi connectivity index (χ2n) is 5.07. The van der Waals surface area contributed by atoms with E-state index in [1.165, 1.54) is 11.1 Å². The summed E-state index contributed by atoms with van der Waals surface area (Å²) in [4.78, 5) is 8.93. The van der Waals surface area contributed by atoms with Crippen molar-refractivity contribution in [2.75, 3.05) is 5.73 Å². The Morgan fingerprint density at radius 2 is 1.56 bits per heavy atom. The number of nitrogens with zero attached hydrogens (tertiary/aromatic N) is 2. The molecule has 0 atom stereocenters. The van der Waals surface area contributed by atoms with Gasteiger partial charge in [0.25, 0.3) is 0 Å². The highest BCUT2D eigenvalue weighted by Crippen LogP contribution is 2.22. The highest BCUT2D eigenvalue weighted by molar-refractivity contribution is 5.59. The average molecular weight is 241 g/mol. The van der Waals surface area contributed by atoms with Crippen molar-refractivity contribution in [1.82, 2.24) is 9.97 Å². The van der Waals surface area contributed by atoms with Crippen LogP contribution in [-0.4, -0.2) is 9.97 Å². The Bertz CT molecular complexity index is 554. The first-order valence-electron chi connectivity index (χ1n) is 6.19. The number of hydrogen-bond donors (Lipinski definition) is 1. The molecule has 94 valence electrons. The van der Waals surface area contributed by atoms with E-state index in [1.807, 2.05) is 6.07 Å². The van der Waals surface area contributed by atoms with Crippen LogP contribution in [0.2, 0.25) is 0 Å². The van der Waals surface area contributed by atoms with Crippen LogP contribution in [0.1, 0.15) is 36.6 Å². The SMILES string of the molecule is Cc1cc(C)cc(-c2nc(N)cc(C(C)C)n2)c1. The van der Waals surface area contributed by atoms with E-state index >= 15 is 0 Å². The molecule has 0 aliphatic rings. The van der Waals surface area contributed by atoms with Gasteiger partial charge in [0.1, 0.15) is 5.82 Å². The monoisotopic (exact) mass is 241 g/mol. The van der Waals surface area contributed by atoms with Crippen molar-refractivity contribution < 1.29 is 0 Å². The number of aryl methyl sites for hydroxylation is 2. The average Bonchev–Trinajstić information content (AvgIpc) is 2.26. The molecule has 0 aliphatic carbocycles. The number of rotatable bonds is 2. The maximum atomic E-state index is 5.86. The number of nitrogen functional groups attached to an aromatic ring is 1. The van der Waals surface area contributed by atoms with Gasteiger partial charge in [-0.3, -0.25) is 0 Å². The summed E-state index contributed by atoms with van der Waals surface area (Å²) in [6.07, 6.45) is 0. The zero-order chi connectivity index (χ0) is 13.3. The van der Waals surface area contributed by atoms with E-state index in [1.54, 1.807) is 0 Å². The van der Waals surface area contributed by atoms with E-state index in [0.29, 0.717) is 17.6 Å². The van der Waals surface area contributed by atoms with Gasteiger partial charge in [0.15, 0.2) is 5.82 Å². The highest BCUT2D eigenvalue weighted by Gasteiger charge is 2.08. The van der Waals surface area contributed by atoms with Gasteiger partial charge in [0.05, 0.1) is 0 Å². The second-order valence-corrected chi connectivity index (χ2v) is 5.07. The van der Waals surface area contributed by atoms with Crippen LogP contribution in [-0.2, 0) is 0 Å². The lowest BCUT2D eigenvalue weighted by molar-refractivity contribution is 0.818. The molecule has 1 heterocycles. The van der Waals surface area contributed by atoms with Crippen LogP contribution in [0.15, 0.2) is 24.3 Å². The Morgan fingerprint density at radius 3 is 2.11 bits per heavy atom. The first-order valence-corrected chi connectivity index (χ1v) is 6.19. The number of hydrogen-bond acceptors (Lipinski definition) is 3. The Labute approximate surface area is 108 Å². The first kappa shape index (κ1) is 12.6. The molecule has 0 bridgehead atoms. The number of nitrogens with two attached hydrogens (primary N) is 1. The molecule has 0 spiro atoms. The molecule has 0 saturated heterocycles. The minimum atomic E-state index is 0.347. The number of aromatic nitrogens is 2. The first-order chi connectivity index (χ1) is 8.45. The summed E-state index contributed by atoms with van der Waals surface area (Å²) in [6.45, 7) is 8.36. The van der Waals surface area contributed by atoms with Crippen molar-refractivity contribution in [1.29, 1.82) is 0 Å². The smallest absolute Gasteiger partial charge is 0.161 e. The molecular weight excluding hydrogens is 222 g/mol. The van der Waals surface area contributed by atoms with Crippen molar-refractivity contribution in [3.63, 3.8) is 0 Å². The Morgan fingerprint density at radius 1 is 0.944 bits per heavy atom. The molecule has 0 aliphatic heterocycles. The zero-order valence-electron chi connectivity index (χ0n) is 11.4. The van der Waals surface area contributed by atoms with E-state index < -0.39 is 0 Å². The Hall–Kier alpha value is -1.90. The van der Waals surface area contributed by atoms with Crippen molar-refractivity contribution in [2.24, 2.45) is 0 Å². The van der Waals surface area contributed by atoms with Gasteiger partial charge in [0, 0.05) is 17.3 Å². The molecule has 2 aromatic rings. The fourth-order valence-corrected chi connectivity index (χ4v) is 2.01. The molecule has 0 saturated carbocycles. The summed E-state index contributed by atoms with van der Waals surface area (Å²) in [5, 5.41) is 0. The van der Waals surface area contributed by atoms with Crippen molar-refractivity contribution in [3.8, 4) is 11.4 Å². The molecule has 0 fully saturated rings. The van der Waals surface area contributed by atoms with Gasteiger partial charge in [-0.2, -0.15) is 0 Å². The standard InChI is InChI=1S/C15H19N3/c1-9(2)13-8-14(16)18-15(17-13)12-6-10(3)5-11(4)7-12/h5-9H,1-4H3,(H2,16,17,18). The summed E-state index contributed by atoms with van der Waals surface area (Å²) < 4.78 is 0. The normalized spacial score (nSPS) is 10.9. The van der Waals surface area contributed by atoms with Gasteiger partial charge in [-0.25, -0.2) is 9.97 Å². The molecule has 0 unspecified atom stereocenters. The minimum absolute atomic E-state index is 0.347. The van der Waals surface area contributed by atoms with Crippen molar-refractivity contribution in [2.45, 2.75) is 33.6 Å². The summed E-state index contributed by atoms with van der Waals surface area (Å²) in [5.41, 5.74) is 10.3. The van der Waals surface area contributed by atoms with Gasteiger partial charge in [-0.1, -0.05) is 31.0 Å². The third-order valence-electron chi connectivity index (χ3n) is 2.84. The lowest BCUT2D eigenvalue weighted by atomic mass is 10.1. The van der Waals surface area contributed by atoms with Crippen LogP contribution < -0.4 is 5.73 Å². The van der Waals surface area contributed by atoms with Crippen LogP contribution in [0, 0.1) is 13.8 Å². The van der Waals surface area contributed by atoms with Crippen molar-refractivity contribution in [3.05, 3.63) is 41.1 Å². The molecule has 0 amide bonds. The molecule has 0 radical (unpaired) electrons. The quantitative estimate of drug-likeness (QED) is 0.876. The van der Waals surface area contributed by atoms with Gasteiger partial charge >= 0.3 is 0 Å². The maximum absolute atomic E-state index is 5.86. The van der Waals surface area contributed by atoms with Crippen LogP contribution in [0.5, 0.6) is 0 Å². The van der Waals surface area contributed by atoms with E-state index in [-0.39, 0.29) is 0 Å². The van der Waals surface area contributed by atoms with Crippen LogP contribution >= 0.6 is 0 Å². The van der Waals surface area contributed by atoms with Crippen molar-refractivity contribution >= 4 is 5.82 Å². The summed E-state index contributed by atoms with van der Waals surface area (Å²) in [6, 6.07) is 8.16. The molecule has 3 nitrogen and oxygen atoms in total. The molecule has 1 aromatic carbocycles. The van der Waals surface area contributed by atoms with Gasteiger partial charge < -0.3 is 5.73 Å². The lowest BCUT2D eigenvalue weighted by Gasteiger charge is -2.09. The highest BCUT2D eigenvalue weighted by atomic mass is 14.9. The fourth-order valence-electron chi connectivity index (χ4n) is 2.01. The van der Waals surface area contributed by atoms with Crippen LogP contribution in [0.25, 0.3) is 11.4 Å². The van der Waals surface area contributed by atoms with E-state index in [2.05, 4.69) is 55.9 Å². The maximum Gasteiger partial charge on any atom is 0.161 e. The largest absolute Gasteiger partial charge is 0.384 e. The second kappa shape index (κ2) is 4.77. The topological polar surface area (TPSA) is 51.8 Å². The lowest BCUT2D eigenvalue weighted by Crippen LogP contribution is -2.02. The zero-order valence-corrected chi connectivity index (χ0v) is 11.4. The summed E-state index contributed by atoms with van der Waals surface area (Å²) in [7, 11) is 0. The van der Waals surface area contributed by atoms with E-state index in [9.17, 15) is 0 Å². The van der Waals surface area contributed by atoms with E-state index in [4.69, 9.17) is 5.73 Å². The number of benzene rings is 1. The predicted octanol–water partition coefficient (Wildman–Crippen LogP) is 3.47. The molecule has 18 heavy (non-hydrogen) atoms. The minimum Gasteiger partial charge on any atom is -0.384 e. The Balaban J connectivity index is 2.56. The fraction of sp³-hybridized carbons (Fsp3) is 0.333. The molecule has 1 aromatic heterocycles. The third-order valence-corrected chi connectivity index (χ3v) is 2.84. The Kier molecular flexibility index (Phi) is 3.32. The number of anilines is 1. The predicted molar refractivity (Wildman–Crippen MR) is 75.4 cm³/mol. The van der Waals surface area contributed by atoms with Crippen LogP contribution in [0.3, 0.4) is 0 Å².